The summed E-state index contributed by atoms with van der Waals surface area (Å²) in [7, 11) is 0. The Morgan fingerprint density at radius 1 is 1.12 bits per heavy atom. The summed E-state index contributed by atoms with van der Waals surface area (Å²) >= 11 is 0. The van der Waals surface area contributed by atoms with Crippen LogP contribution in [0.2, 0.25) is 0 Å². The van der Waals surface area contributed by atoms with Crippen LogP contribution < -0.4 is 10.1 Å². The lowest BCUT2D eigenvalue weighted by Gasteiger charge is -2.34. The molecule has 1 amide bonds. The molecule has 0 radical (unpaired) electrons. The number of benzene rings is 1. The number of amidine groups is 1. The van der Waals surface area contributed by atoms with Crippen molar-refractivity contribution in [2.24, 2.45) is 11.8 Å². The summed E-state index contributed by atoms with van der Waals surface area (Å²) in [6.45, 7) is 3.85. The van der Waals surface area contributed by atoms with Crippen LogP contribution in [0.1, 0.15) is 34.3 Å². The van der Waals surface area contributed by atoms with Gasteiger partial charge in [0.15, 0.2) is 6.21 Å². The highest BCUT2D eigenvalue weighted by atomic mass is 16.5. The van der Waals surface area contributed by atoms with Gasteiger partial charge in [-0.3, -0.25) is 19.9 Å². The van der Waals surface area contributed by atoms with Crippen molar-refractivity contribution in [1.29, 1.82) is 0 Å². The van der Waals surface area contributed by atoms with E-state index in [1.807, 2.05) is 36.8 Å². The van der Waals surface area contributed by atoms with Crippen molar-refractivity contribution in [3.05, 3.63) is 89.4 Å². The van der Waals surface area contributed by atoms with Gasteiger partial charge in [-0.1, -0.05) is 18.2 Å². The van der Waals surface area contributed by atoms with Crippen LogP contribution >= 0.6 is 0 Å². The van der Waals surface area contributed by atoms with E-state index in [-0.39, 0.29) is 5.92 Å². The number of rotatable bonds is 6. The molecule has 1 unspecified atom stereocenters. The van der Waals surface area contributed by atoms with E-state index < -0.39 is 5.91 Å². The number of hydrogen-bond donors (Lipinski definition) is 2. The van der Waals surface area contributed by atoms with Gasteiger partial charge >= 0.3 is 5.84 Å². The van der Waals surface area contributed by atoms with E-state index in [4.69, 9.17) is 9.88 Å². The minimum Gasteiger partial charge on any atom is -0.299 e. The number of pyridine rings is 1. The predicted molar refractivity (Wildman–Crippen MR) is 127 cm³/mol. The molecule has 0 spiro atoms. The normalized spacial score (nSPS) is 20.4. The van der Waals surface area contributed by atoms with Crippen LogP contribution in [0, 0.1) is 11.8 Å². The molecule has 1 aromatic heterocycles. The standard InChI is InChI=1S/C26H27N5O2/c32-26(29-33)22-5-3-19(4-6-22)18-31-15-10-24-23(7-12-28-25(24)31)21-8-13-30(14-9-21)17-20-2-1-11-27-16-20/h1-7,10-12,15-16,21,24H,8-9,13-14,17-18H2,(H-,29,32,33)/p+1. The Hall–Kier alpha value is -3.51. The third-order valence-electron chi connectivity index (χ3n) is 6.72. The molecular formula is C26H28N5O2+. The molecule has 2 N–H and O–H groups in total. The van der Waals surface area contributed by atoms with Crippen LogP contribution in [0.5, 0.6) is 0 Å². The van der Waals surface area contributed by atoms with Gasteiger partial charge in [0, 0.05) is 24.5 Å². The molecule has 4 heterocycles. The van der Waals surface area contributed by atoms with Crippen molar-refractivity contribution < 1.29 is 10.0 Å². The lowest BCUT2D eigenvalue weighted by atomic mass is 9.81. The van der Waals surface area contributed by atoms with E-state index in [0.29, 0.717) is 18.0 Å². The Labute approximate surface area is 193 Å². The number of carbonyl (C=O) groups excluding carboxylic acids is 1. The molecule has 33 heavy (non-hydrogen) atoms. The highest BCUT2D eigenvalue weighted by Crippen LogP contribution is 2.35. The molecule has 0 bridgehead atoms. The summed E-state index contributed by atoms with van der Waals surface area (Å²) in [5.74, 6) is 1.38. The molecule has 168 valence electrons. The van der Waals surface area contributed by atoms with E-state index in [9.17, 15) is 4.79 Å². The summed E-state index contributed by atoms with van der Waals surface area (Å²) in [6, 6.07) is 11.4. The van der Waals surface area contributed by atoms with E-state index in [1.54, 1.807) is 17.6 Å². The fourth-order valence-electron chi connectivity index (χ4n) is 4.97. The number of allylic oxidation sites excluding steroid dienone is 1. The van der Waals surface area contributed by atoms with Gasteiger partial charge in [-0.2, -0.15) is 0 Å². The molecule has 5 rings (SSSR count). The quantitative estimate of drug-likeness (QED) is 0.408. The van der Waals surface area contributed by atoms with Crippen LogP contribution in [-0.2, 0) is 13.1 Å². The number of hydroxylamine groups is 1. The summed E-state index contributed by atoms with van der Waals surface area (Å²) in [6.07, 6.45) is 14.6. The van der Waals surface area contributed by atoms with Crippen LogP contribution in [0.3, 0.4) is 0 Å². The number of carbonyl (C=O) groups is 1. The van der Waals surface area contributed by atoms with Gasteiger partial charge < -0.3 is 0 Å². The van der Waals surface area contributed by atoms with Gasteiger partial charge in [-0.25, -0.2) is 15.0 Å². The maximum absolute atomic E-state index is 11.5. The van der Waals surface area contributed by atoms with Crippen molar-refractivity contribution in [2.45, 2.75) is 25.9 Å². The van der Waals surface area contributed by atoms with Crippen molar-refractivity contribution in [2.75, 3.05) is 13.1 Å². The second-order valence-electron chi connectivity index (χ2n) is 8.80. The van der Waals surface area contributed by atoms with Gasteiger partial charge in [-0.05, 0) is 78.9 Å². The molecule has 3 aliphatic heterocycles. The second kappa shape index (κ2) is 9.55. The average molecular weight is 443 g/mol. The second-order valence-corrected chi connectivity index (χ2v) is 8.80. The number of amides is 1. The largest absolute Gasteiger partial charge is 0.360 e. The Kier molecular flexibility index (Phi) is 6.17. The fraction of sp³-hybridized carbons (Fsp3) is 0.308. The number of fused-ring (bicyclic) bond motifs is 1. The Balaban J connectivity index is 1.19. The first-order chi connectivity index (χ1) is 16.2. The number of likely N-dealkylation sites (tertiary alicyclic amines) is 1. The van der Waals surface area contributed by atoms with Crippen molar-refractivity contribution in [3.8, 4) is 0 Å². The first-order valence-electron chi connectivity index (χ1n) is 11.4. The van der Waals surface area contributed by atoms with E-state index >= 15 is 0 Å². The molecule has 1 aromatic carbocycles. The van der Waals surface area contributed by atoms with Gasteiger partial charge in [-0.15, -0.1) is 0 Å². The van der Waals surface area contributed by atoms with Gasteiger partial charge in [0.25, 0.3) is 5.91 Å². The van der Waals surface area contributed by atoms with Crippen LogP contribution in [0.25, 0.3) is 0 Å². The molecule has 1 atom stereocenters. The molecule has 3 aliphatic rings. The van der Waals surface area contributed by atoms with Gasteiger partial charge in [0.2, 0.25) is 0 Å². The minimum absolute atomic E-state index is 0.240. The lowest BCUT2D eigenvalue weighted by Crippen LogP contribution is -2.37. The van der Waals surface area contributed by atoms with E-state index in [1.165, 1.54) is 11.1 Å². The topological polar surface area (TPSA) is 82.8 Å². The maximum Gasteiger partial charge on any atom is 0.360 e. The van der Waals surface area contributed by atoms with Crippen LogP contribution in [0.15, 0.2) is 72.7 Å². The first kappa shape index (κ1) is 21.3. The molecule has 0 aliphatic carbocycles. The molecule has 0 saturated carbocycles. The third-order valence-corrected chi connectivity index (χ3v) is 6.72. The molecule has 7 nitrogen and oxygen atoms in total. The zero-order chi connectivity index (χ0) is 22.6. The summed E-state index contributed by atoms with van der Waals surface area (Å²) in [4.78, 5) is 20.5. The molecule has 1 fully saturated rings. The maximum atomic E-state index is 11.5. The van der Waals surface area contributed by atoms with E-state index in [0.717, 1.165) is 43.9 Å². The highest BCUT2D eigenvalue weighted by Gasteiger charge is 2.40. The number of hydrogen-bond acceptors (Lipinski definition) is 5. The minimum atomic E-state index is -0.504. The monoisotopic (exact) mass is 442 g/mol. The summed E-state index contributed by atoms with van der Waals surface area (Å²) in [5.41, 5.74) is 5.92. The first-order valence-corrected chi connectivity index (χ1v) is 11.4. The number of piperidine rings is 1. The van der Waals surface area contributed by atoms with Gasteiger partial charge in [0.05, 0.1) is 6.20 Å². The lowest BCUT2D eigenvalue weighted by molar-refractivity contribution is 0.0706. The number of nitrogens with zero attached hydrogens (tertiary/aromatic N) is 4. The van der Waals surface area contributed by atoms with Crippen molar-refractivity contribution in [1.82, 2.24) is 24.9 Å². The Morgan fingerprint density at radius 2 is 1.94 bits per heavy atom. The Bertz CT molecular complexity index is 1130. The van der Waals surface area contributed by atoms with Crippen LogP contribution in [0.4, 0.5) is 0 Å². The third kappa shape index (κ3) is 4.66. The predicted octanol–water partition coefficient (Wildman–Crippen LogP) is 2.53. The summed E-state index contributed by atoms with van der Waals surface area (Å²) in [5, 5.41) is 8.78. The van der Waals surface area contributed by atoms with Crippen molar-refractivity contribution >= 4 is 18.0 Å². The van der Waals surface area contributed by atoms with Crippen molar-refractivity contribution in [3.63, 3.8) is 0 Å². The van der Waals surface area contributed by atoms with Crippen LogP contribution in [-0.4, -0.2) is 51.0 Å². The zero-order valence-electron chi connectivity index (χ0n) is 18.5. The molecular weight excluding hydrogens is 414 g/mol. The smallest absolute Gasteiger partial charge is 0.299 e. The average Bonchev–Trinajstić information content (AvgIpc) is 3.28. The molecule has 2 aromatic rings. The highest BCUT2D eigenvalue weighted by molar-refractivity contribution is 5.97. The number of nitrogens with one attached hydrogen (secondary N) is 1. The Morgan fingerprint density at radius 3 is 2.67 bits per heavy atom. The fourth-order valence-corrected chi connectivity index (χ4v) is 4.97. The van der Waals surface area contributed by atoms with E-state index in [2.05, 4.69) is 39.2 Å². The zero-order valence-corrected chi connectivity index (χ0v) is 18.5. The SMILES string of the molecule is O=C(NO)c1ccc(CN2C=CC3C(C4CCN(Cc5cccnc5)CC4)=CC=[N+]=C32)cc1. The summed E-state index contributed by atoms with van der Waals surface area (Å²) < 4.78 is 4.71. The molecule has 1 saturated heterocycles. The number of aromatic nitrogens is 1. The van der Waals surface area contributed by atoms with Gasteiger partial charge in [0.1, 0.15) is 12.5 Å². The molecule has 7 heteroatoms.